The van der Waals surface area contributed by atoms with E-state index >= 15 is 0 Å². The zero-order chi connectivity index (χ0) is 13.0. The van der Waals surface area contributed by atoms with E-state index in [1.807, 2.05) is 0 Å². The number of amides is 1. The molecule has 6 heteroatoms. The van der Waals surface area contributed by atoms with Crippen LogP contribution >= 0.6 is 0 Å². The fourth-order valence-corrected chi connectivity index (χ4v) is 2.60. The third kappa shape index (κ3) is 3.00. The first-order chi connectivity index (χ1) is 8.72. The van der Waals surface area contributed by atoms with Crippen LogP contribution in [0.25, 0.3) is 0 Å². The lowest BCUT2D eigenvalue weighted by molar-refractivity contribution is -0.151. The summed E-state index contributed by atoms with van der Waals surface area (Å²) in [4.78, 5) is 27.6. The van der Waals surface area contributed by atoms with E-state index in [1.165, 1.54) is 7.11 Å². The Balaban J connectivity index is 1.89. The van der Waals surface area contributed by atoms with Gasteiger partial charge in [0.2, 0.25) is 5.91 Å². The lowest BCUT2D eigenvalue weighted by atomic mass is 10.2. The second-order valence-corrected chi connectivity index (χ2v) is 4.79. The first-order valence-corrected chi connectivity index (χ1v) is 6.52. The molecule has 6 nitrogen and oxygen atoms in total. The standard InChI is InChI=1S/C12H21N3O3/c1-18-12(17)10-3-2-6-15(10)11(16)9-14-7-4-13-5-8-14/h10,13H,2-9H2,1H3. The zero-order valence-electron chi connectivity index (χ0n) is 10.9. The monoisotopic (exact) mass is 255 g/mol. The van der Waals surface area contributed by atoms with Crippen LogP contribution in [0.1, 0.15) is 12.8 Å². The van der Waals surface area contributed by atoms with Gasteiger partial charge in [-0.3, -0.25) is 9.69 Å². The molecule has 0 spiro atoms. The number of esters is 1. The molecule has 0 aromatic heterocycles. The number of hydrogen-bond acceptors (Lipinski definition) is 5. The van der Waals surface area contributed by atoms with Gasteiger partial charge in [-0.1, -0.05) is 0 Å². The van der Waals surface area contributed by atoms with E-state index in [2.05, 4.69) is 10.2 Å². The van der Waals surface area contributed by atoms with Gasteiger partial charge in [-0.05, 0) is 12.8 Å². The Morgan fingerprint density at radius 3 is 2.67 bits per heavy atom. The van der Waals surface area contributed by atoms with Gasteiger partial charge in [0.15, 0.2) is 0 Å². The highest BCUT2D eigenvalue weighted by Crippen LogP contribution is 2.18. The van der Waals surface area contributed by atoms with E-state index in [1.54, 1.807) is 4.90 Å². The minimum Gasteiger partial charge on any atom is -0.467 e. The molecule has 18 heavy (non-hydrogen) atoms. The summed E-state index contributed by atoms with van der Waals surface area (Å²) >= 11 is 0. The molecule has 102 valence electrons. The normalized spacial score (nSPS) is 25.2. The SMILES string of the molecule is COC(=O)C1CCCN1C(=O)CN1CCNCC1. The molecule has 0 aromatic rings. The van der Waals surface area contributed by atoms with Crippen molar-refractivity contribution < 1.29 is 14.3 Å². The van der Waals surface area contributed by atoms with Gasteiger partial charge < -0.3 is 15.0 Å². The fourth-order valence-electron chi connectivity index (χ4n) is 2.60. The highest BCUT2D eigenvalue weighted by Gasteiger charge is 2.35. The van der Waals surface area contributed by atoms with E-state index in [0.717, 1.165) is 39.0 Å². The van der Waals surface area contributed by atoms with Gasteiger partial charge >= 0.3 is 5.97 Å². The molecule has 0 bridgehead atoms. The summed E-state index contributed by atoms with van der Waals surface area (Å²) in [5.41, 5.74) is 0. The molecule has 1 atom stereocenters. The quantitative estimate of drug-likeness (QED) is 0.659. The van der Waals surface area contributed by atoms with Crippen LogP contribution in [0.4, 0.5) is 0 Å². The van der Waals surface area contributed by atoms with E-state index in [-0.39, 0.29) is 17.9 Å². The predicted octanol–water partition coefficient (Wildman–Crippen LogP) is -0.944. The van der Waals surface area contributed by atoms with Gasteiger partial charge in [-0.25, -0.2) is 4.79 Å². The molecule has 1 amide bonds. The van der Waals surface area contributed by atoms with Crippen LogP contribution in [0, 0.1) is 0 Å². The van der Waals surface area contributed by atoms with E-state index in [4.69, 9.17) is 4.74 Å². The van der Waals surface area contributed by atoms with Gasteiger partial charge in [0, 0.05) is 32.7 Å². The van der Waals surface area contributed by atoms with Crippen molar-refractivity contribution in [2.45, 2.75) is 18.9 Å². The molecule has 2 fully saturated rings. The van der Waals surface area contributed by atoms with Crippen LogP contribution in [0.5, 0.6) is 0 Å². The third-order valence-corrected chi connectivity index (χ3v) is 3.61. The van der Waals surface area contributed by atoms with Gasteiger partial charge in [-0.2, -0.15) is 0 Å². The molecule has 1 unspecified atom stereocenters. The van der Waals surface area contributed by atoms with Crippen LogP contribution in [-0.2, 0) is 14.3 Å². The molecule has 2 saturated heterocycles. The Morgan fingerprint density at radius 2 is 2.00 bits per heavy atom. The minimum atomic E-state index is -0.370. The summed E-state index contributed by atoms with van der Waals surface area (Å²) in [6.07, 6.45) is 1.60. The number of piperazine rings is 1. The molecule has 0 aliphatic carbocycles. The Bertz CT molecular complexity index is 316. The number of likely N-dealkylation sites (tertiary alicyclic amines) is 1. The Labute approximate surface area is 107 Å². The van der Waals surface area contributed by atoms with Crippen molar-refractivity contribution in [2.75, 3.05) is 46.4 Å². The number of carbonyl (C=O) groups excluding carboxylic acids is 2. The zero-order valence-corrected chi connectivity index (χ0v) is 10.9. The molecule has 2 rings (SSSR count). The average Bonchev–Trinajstić information content (AvgIpc) is 2.88. The van der Waals surface area contributed by atoms with Crippen molar-refractivity contribution in [1.29, 1.82) is 0 Å². The number of hydrogen-bond donors (Lipinski definition) is 1. The smallest absolute Gasteiger partial charge is 0.328 e. The number of carbonyl (C=O) groups is 2. The number of nitrogens with one attached hydrogen (secondary N) is 1. The third-order valence-electron chi connectivity index (χ3n) is 3.61. The molecule has 0 aromatic carbocycles. The maximum absolute atomic E-state index is 12.2. The predicted molar refractivity (Wildman–Crippen MR) is 66.1 cm³/mol. The lowest BCUT2D eigenvalue weighted by Gasteiger charge is -2.30. The van der Waals surface area contributed by atoms with E-state index in [0.29, 0.717) is 13.1 Å². The van der Waals surface area contributed by atoms with Crippen molar-refractivity contribution in [3.05, 3.63) is 0 Å². The van der Waals surface area contributed by atoms with Gasteiger partial charge in [0.25, 0.3) is 0 Å². The maximum atomic E-state index is 12.2. The van der Waals surface area contributed by atoms with Crippen molar-refractivity contribution in [1.82, 2.24) is 15.1 Å². The topological polar surface area (TPSA) is 61.9 Å². The van der Waals surface area contributed by atoms with Gasteiger partial charge in [-0.15, -0.1) is 0 Å². The molecular weight excluding hydrogens is 234 g/mol. The van der Waals surface area contributed by atoms with Crippen LogP contribution in [0.3, 0.4) is 0 Å². The summed E-state index contributed by atoms with van der Waals surface area (Å²) < 4.78 is 4.75. The molecule has 2 aliphatic rings. The Hall–Kier alpha value is -1.14. The highest BCUT2D eigenvalue weighted by molar-refractivity contribution is 5.86. The van der Waals surface area contributed by atoms with Gasteiger partial charge in [0.1, 0.15) is 6.04 Å². The second kappa shape index (κ2) is 6.15. The lowest BCUT2D eigenvalue weighted by Crippen LogP contribution is -2.50. The highest BCUT2D eigenvalue weighted by atomic mass is 16.5. The molecule has 2 aliphatic heterocycles. The summed E-state index contributed by atoms with van der Waals surface area (Å²) in [6, 6.07) is -0.370. The number of methoxy groups -OCH3 is 1. The first-order valence-electron chi connectivity index (χ1n) is 6.52. The molecule has 0 radical (unpaired) electrons. The van der Waals surface area contributed by atoms with Gasteiger partial charge in [0.05, 0.1) is 13.7 Å². The van der Waals surface area contributed by atoms with Crippen LogP contribution in [0.15, 0.2) is 0 Å². The maximum Gasteiger partial charge on any atom is 0.328 e. The molecular formula is C12H21N3O3. The fraction of sp³-hybridized carbons (Fsp3) is 0.833. The van der Waals surface area contributed by atoms with Crippen LogP contribution in [0.2, 0.25) is 0 Å². The largest absolute Gasteiger partial charge is 0.467 e. The average molecular weight is 255 g/mol. The van der Waals surface area contributed by atoms with Crippen molar-refractivity contribution >= 4 is 11.9 Å². The van der Waals surface area contributed by atoms with Crippen molar-refractivity contribution in [3.8, 4) is 0 Å². The number of ether oxygens (including phenoxy) is 1. The summed E-state index contributed by atoms with van der Waals surface area (Å²) in [5, 5.41) is 3.25. The number of rotatable bonds is 3. The Kier molecular flexibility index (Phi) is 4.54. The van der Waals surface area contributed by atoms with Crippen LogP contribution < -0.4 is 5.32 Å². The van der Waals surface area contributed by atoms with Crippen molar-refractivity contribution in [3.63, 3.8) is 0 Å². The number of nitrogens with zero attached hydrogens (tertiary/aromatic N) is 2. The van der Waals surface area contributed by atoms with E-state index < -0.39 is 0 Å². The summed E-state index contributed by atoms with van der Waals surface area (Å²) in [7, 11) is 1.37. The molecule has 1 N–H and O–H groups in total. The van der Waals surface area contributed by atoms with Crippen LogP contribution in [-0.4, -0.2) is 74.1 Å². The second-order valence-electron chi connectivity index (χ2n) is 4.79. The minimum absolute atomic E-state index is 0.0461. The Morgan fingerprint density at radius 1 is 1.28 bits per heavy atom. The first kappa shape index (κ1) is 13.3. The van der Waals surface area contributed by atoms with Crippen molar-refractivity contribution in [2.24, 2.45) is 0 Å². The summed E-state index contributed by atoms with van der Waals surface area (Å²) in [6.45, 7) is 4.71. The molecule has 0 saturated carbocycles. The summed E-state index contributed by atoms with van der Waals surface area (Å²) in [5.74, 6) is -0.244. The molecule has 2 heterocycles. The van der Waals surface area contributed by atoms with E-state index in [9.17, 15) is 9.59 Å².